The van der Waals surface area contributed by atoms with Crippen molar-refractivity contribution in [2.75, 3.05) is 12.9 Å². The average Bonchev–Trinajstić information content (AvgIpc) is 2.37. The quantitative estimate of drug-likeness (QED) is 0.386. The fourth-order valence-corrected chi connectivity index (χ4v) is 1.47. The third-order valence-electron chi connectivity index (χ3n) is 1.90. The predicted molar refractivity (Wildman–Crippen MR) is 71.6 cm³/mol. The van der Waals surface area contributed by atoms with Crippen LogP contribution in [0, 0.1) is 11.5 Å². The molecule has 0 fully saturated rings. The van der Waals surface area contributed by atoms with E-state index in [9.17, 15) is 0 Å². The van der Waals surface area contributed by atoms with Gasteiger partial charge in [0, 0.05) is 0 Å². The molecular weight excluding hydrogens is 234 g/mol. The van der Waals surface area contributed by atoms with Crippen LogP contribution in [-0.4, -0.2) is 18.0 Å². The first kappa shape index (κ1) is 13.4. The average molecular weight is 249 g/mol. The van der Waals surface area contributed by atoms with Gasteiger partial charge < -0.3 is 4.74 Å². The molecule has 1 rings (SSSR count). The molecule has 4 nitrogen and oxygen atoms in total. The van der Waals surface area contributed by atoms with Crippen molar-refractivity contribution in [1.82, 2.24) is 5.32 Å². The van der Waals surface area contributed by atoms with E-state index < -0.39 is 0 Å². The Hall–Kier alpha value is -1.67. The monoisotopic (exact) mass is 249 g/mol. The summed E-state index contributed by atoms with van der Waals surface area (Å²) < 4.78 is 5.47. The van der Waals surface area contributed by atoms with Gasteiger partial charge in [-0.1, -0.05) is 18.7 Å². The van der Waals surface area contributed by atoms with Crippen LogP contribution in [0.3, 0.4) is 0 Å². The highest BCUT2D eigenvalue weighted by Gasteiger charge is 1.97. The minimum absolute atomic E-state index is 0.578. The van der Waals surface area contributed by atoms with Crippen LogP contribution in [0.2, 0.25) is 0 Å². The van der Waals surface area contributed by atoms with E-state index in [0.29, 0.717) is 11.8 Å². The van der Waals surface area contributed by atoms with E-state index >= 15 is 0 Å². The summed E-state index contributed by atoms with van der Waals surface area (Å²) in [6.07, 6.45) is 4.70. The number of aliphatic imine (C=N–C) groups is 1. The van der Waals surface area contributed by atoms with E-state index in [4.69, 9.17) is 10.00 Å². The van der Waals surface area contributed by atoms with Crippen molar-refractivity contribution in [2.45, 2.75) is 13.3 Å². The zero-order valence-corrected chi connectivity index (χ0v) is 10.8. The molecule has 0 aromatic heterocycles. The highest BCUT2D eigenvalue weighted by Crippen LogP contribution is 2.19. The van der Waals surface area contributed by atoms with Gasteiger partial charge in [0.2, 0.25) is 0 Å². The Labute approximate surface area is 106 Å². The molecule has 0 saturated heterocycles. The van der Waals surface area contributed by atoms with Gasteiger partial charge in [0.05, 0.1) is 12.3 Å². The van der Waals surface area contributed by atoms with Gasteiger partial charge in [-0.2, -0.15) is 5.26 Å². The van der Waals surface area contributed by atoms with Crippen molar-refractivity contribution < 1.29 is 4.74 Å². The van der Waals surface area contributed by atoms with Crippen molar-refractivity contribution >= 4 is 22.6 Å². The number of amidine groups is 1. The highest BCUT2D eigenvalue weighted by molar-refractivity contribution is 8.13. The number of ether oxygens (including phenoxy) is 1. The van der Waals surface area contributed by atoms with Gasteiger partial charge in [0.15, 0.2) is 11.4 Å². The molecule has 17 heavy (non-hydrogen) atoms. The highest BCUT2D eigenvalue weighted by atomic mass is 32.2. The van der Waals surface area contributed by atoms with Crippen LogP contribution in [0.15, 0.2) is 29.3 Å². The minimum atomic E-state index is 0.578. The number of nitrogens with zero attached hydrogens (tertiary/aromatic N) is 2. The molecule has 1 N–H and O–H groups in total. The van der Waals surface area contributed by atoms with Gasteiger partial charge in [0.1, 0.15) is 5.75 Å². The molecule has 0 atom stereocenters. The van der Waals surface area contributed by atoms with Crippen molar-refractivity contribution in [3.63, 3.8) is 0 Å². The molecular formula is C12H15N3OS. The third kappa shape index (κ3) is 4.79. The van der Waals surface area contributed by atoms with Crippen molar-refractivity contribution in [3.05, 3.63) is 24.3 Å². The number of hydrogen-bond donors (Lipinski definition) is 1. The van der Waals surface area contributed by atoms with Crippen LogP contribution in [0.5, 0.6) is 5.75 Å². The molecule has 0 aliphatic heterocycles. The Morgan fingerprint density at radius 1 is 1.47 bits per heavy atom. The molecule has 0 amide bonds. The first-order valence-corrected chi connectivity index (χ1v) is 6.53. The molecule has 90 valence electrons. The fourth-order valence-electron chi connectivity index (χ4n) is 1.13. The summed E-state index contributed by atoms with van der Waals surface area (Å²) >= 11 is 1.39. The summed E-state index contributed by atoms with van der Waals surface area (Å²) in [5.74, 6) is 0.838. The zero-order chi connectivity index (χ0) is 12.5. The minimum Gasteiger partial charge on any atom is -0.494 e. The maximum absolute atomic E-state index is 8.51. The second-order valence-electron chi connectivity index (χ2n) is 3.20. The molecule has 0 saturated carbocycles. The molecule has 0 unspecified atom stereocenters. The maximum atomic E-state index is 8.51. The van der Waals surface area contributed by atoms with Crippen LogP contribution < -0.4 is 10.1 Å². The summed E-state index contributed by atoms with van der Waals surface area (Å²) in [5, 5.41) is 11.6. The number of nitrogens with one attached hydrogen (secondary N) is 1. The first-order valence-electron chi connectivity index (χ1n) is 5.30. The lowest BCUT2D eigenvalue weighted by Gasteiger charge is -2.04. The molecule has 0 heterocycles. The molecule has 1 aromatic carbocycles. The summed E-state index contributed by atoms with van der Waals surface area (Å²) in [6.45, 7) is 2.78. The Balaban J connectivity index is 2.70. The first-order chi connectivity index (χ1) is 8.30. The lowest BCUT2D eigenvalue weighted by Crippen LogP contribution is -2.12. The summed E-state index contributed by atoms with van der Waals surface area (Å²) in [5.41, 5.74) is 0.793. The molecule has 0 radical (unpaired) electrons. The third-order valence-corrected chi connectivity index (χ3v) is 2.48. The predicted octanol–water partition coefficient (Wildman–Crippen LogP) is 2.90. The van der Waals surface area contributed by atoms with E-state index in [1.165, 1.54) is 11.8 Å². The van der Waals surface area contributed by atoms with E-state index in [1.54, 1.807) is 0 Å². The zero-order valence-electron chi connectivity index (χ0n) is 9.93. The number of benzene rings is 1. The number of hydrogen-bond acceptors (Lipinski definition) is 4. The van der Waals surface area contributed by atoms with Gasteiger partial charge in [-0.3, -0.25) is 5.32 Å². The number of rotatable bonds is 4. The van der Waals surface area contributed by atoms with Crippen LogP contribution in [0.25, 0.3) is 0 Å². The van der Waals surface area contributed by atoms with E-state index in [-0.39, 0.29) is 0 Å². The van der Waals surface area contributed by atoms with E-state index in [0.717, 1.165) is 17.9 Å². The number of nitriles is 1. The van der Waals surface area contributed by atoms with E-state index in [2.05, 4.69) is 17.2 Å². The number of thioether (sulfide) groups is 1. The topological polar surface area (TPSA) is 57.4 Å². The summed E-state index contributed by atoms with van der Waals surface area (Å²) in [7, 11) is 0. The Morgan fingerprint density at radius 2 is 2.18 bits per heavy atom. The summed E-state index contributed by atoms with van der Waals surface area (Å²) in [6, 6.07) is 7.47. The van der Waals surface area contributed by atoms with Crippen LogP contribution in [0.1, 0.15) is 13.3 Å². The van der Waals surface area contributed by atoms with Gasteiger partial charge in [-0.05, 0) is 36.9 Å². The SMILES string of the molecule is CCCOc1ccc(N=C(NC#N)SC)cc1. The van der Waals surface area contributed by atoms with Crippen LogP contribution in [0.4, 0.5) is 5.69 Å². The Morgan fingerprint density at radius 3 is 2.71 bits per heavy atom. The molecule has 1 aromatic rings. The second kappa shape index (κ2) is 7.58. The van der Waals surface area contributed by atoms with Gasteiger partial charge >= 0.3 is 0 Å². The maximum Gasteiger partial charge on any atom is 0.183 e. The van der Waals surface area contributed by atoms with Crippen molar-refractivity contribution in [2.24, 2.45) is 4.99 Å². The van der Waals surface area contributed by atoms with Crippen LogP contribution in [-0.2, 0) is 0 Å². The Bertz CT molecular complexity index is 409. The molecule has 0 bridgehead atoms. The smallest absolute Gasteiger partial charge is 0.183 e. The van der Waals surface area contributed by atoms with Crippen LogP contribution >= 0.6 is 11.8 Å². The lowest BCUT2D eigenvalue weighted by atomic mass is 10.3. The van der Waals surface area contributed by atoms with Gasteiger partial charge in [-0.25, -0.2) is 4.99 Å². The molecule has 5 heteroatoms. The largest absolute Gasteiger partial charge is 0.494 e. The standard InChI is InChI=1S/C12H15N3OS/c1-3-8-16-11-6-4-10(5-7-11)15-12(17-2)14-9-13/h4-7H,3,8H2,1-2H3,(H,14,15). The lowest BCUT2D eigenvalue weighted by molar-refractivity contribution is 0.317. The van der Waals surface area contributed by atoms with Gasteiger partial charge in [-0.15, -0.1) is 0 Å². The van der Waals surface area contributed by atoms with Crippen molar-refractivity contribution in [3.8, 4) is 11.9 Å². The summed E-state index contributed by atoms with van der Waals surface area (Å²) in [4.78, 5) is 4.28. The van der Waals surface area contributed by atoms with Gasteiger partial charge in [0.25, 0.3) is 0 Å². The molecule has 0 spiro atoms. The molecule has 0 aliphatic carbocycles. The fraction of sp³-hybridized carbons (Fsp3) is 0.333. The van der Waals surface area contributed by atoms with Crippen molar-refractivity contribution in [1.29, 1.82) is 5.26 Å². The molecule has 0 aliphatic rings. The van der Waals surface area contributed by atoms with E-state index in [1.807, 2.05) is 36.7 Å². The second-order valence-corrected chi connectivity index (χ2v) is 4.00. The normalized spacial score (nSPS) is 10.8. The Kier molecular flexibility index (Phi) is 5.97.